The lowest BCUT2D eigenvalue weighted by Gasteiger charge is -2.21. The molecule has 0 aliphatic rings. The molecule has 3 N–H and O–H groups in total. The van der Waals surface area contributed by atoms with Crippen LogP contribution in [0.3, 0.4) is 0 Å². The molecule has 0 bridgehead atoms. The summed E-state index contributed by atoms with van der Waals surface area (Å²) in [4.78, 5) is 72.7. The van der Waals surface area contributed by atoms with Gasteiger partial charge in [-0.05, 0) is 49.4 Å². The van der Waals surface area contributed by atoms with Gasteiger partial charge in [0.1, 0.15) is 19.3 Å². The first kappa shape index (κ1) is 92.1. The Morgan fingerprint density at radius 1 is 0.266 bits per heavy atom. The van der Waals surface area contributed by atoms with Gasteiger partial charge in [0, 0.05) is 25.7 Å². The second-order valence-electron chi connectivity index (χ2n) is 28.9. The summed E-state index contributed by atoms with van der Waals surface area (Å²) in [5.41, 5.74) is 0. The molecular formula is C75H146O17P2. The summed E-state index contributed by atoms with van der Waals surface area (Å²) in [6, 6.07) is 0. The van der Waals surface area contributed by atoms with Crippen molar-refractivity contribution in [3.63, 3.8) is 0 Å². The van der Waals surface area contributed by atoms with Crippen molar-refractivity contribution in [3.8, 4) is 0 Å². The summed E-state index contributed by atoms with van der Waals surface area (Å²) in [5.74, 6) is 0.865. The van der Waals surface area contributed by atoms with Crippen molar-refractivity contribution in [2.75, 3.05) is 39.6 Å². The minimum absolute atomic E-state index is 0.103. The first-order valence-corrected chi connectivity index (χ1v) is 41.7. The van der Waals surface area contributed by atoms with Gasteiger partial charge in [0.05, 0.1) is 26.4 Å². The minimum atomic E-state index is -4.96. The number of ether oxygens (including phenoxy) is 4. The van der Waals surface area contributed by atoms with Gasteiger partial charge in [-0.25, -0.2) is 9.13 Å². The fourth-order valence-corrected chi connectivity index (χ4v) is 13.0. The van der Waals surface area contributed by atoms with Crippen LogP contribution in [0.25, 0.3) is 0 Å². The molecule has 0 amide bonds. The zero-order valence-electron chi connectivity index (χ0n) is 61.6. The van der Waals surface area contributed by atoms with Crippen LogP contribution in [0.1, 0.15) is 376 Å². The van der Waals surface area contributed by atoms with E-state index in [1.807, 2.05) is 0 Å². The van der Waals surface area contributed by atoms with Crippen LogP contribution in [0.5, 0.6) is 0 Å². The number of phosphoric ester groups is 2. The molecule has 0 aromatic rings. The van der Waals surface area contributed by atoms with Crippen molar-refractivity contribution in [2.45, 2.75) is 395 Å². The molecule has 0 saturated carbocycles. The molecule has 19 heteroatoms. The number of aliphatic hydroxyl groups is 1. The number of hydrogen-bond acceptors (Lipinski definition) is 15. The molecule has 0 rings (SSSR count). The molecule has 17 nitrogen and oxygen atoms in total. The fourth-order valence-electron chi connectivity index (χ4n) is 11.4. The SMILES string of the molecule is CC(C)CCCCCCCCCCCCCCCCCC(=O)OC[C@H](COP(=O)(O)OC[C@@H](O)COP(=O)(O)OC[C@@H](COC(=O)CCCCCCCCC(C)C)OC(=O)CCCCCCCCCCC(C)C)OC(=O)CCCCCCCCCCCCCCCC(C)C. The van der Waals surface area contributed by atoms with Crippen LogP contribution in [0.15, 0.2) is 0 Å². The highest BCUT2D eigenvalue weighted by Crippen LogP contribution is 2.45. The highest BCUT2D eigenvalue weighted by Gasteiger charge is 2.30. The topological polar surface area (TPSA) is 237 Å². The molecule has 0 radical (unpaired) electrons. The van der Waals surface area contributed by atoms with E-state index >= 15 is 0 Å². The summed E-state index contributed by atoms with van der Waals surface area (Å²) in [7, 11) is -9.91. The number of rotatable bonds is 72. The average Bonchev–Trinajstić information content (AvgIpc) is 2.27. The number of phosphoric acid groups is 2. The van der Waals surface area contributed by atoms with Gasteiger partial charge in [0.2, 0.25) is 0 Å². The smallest absolute Gasteiger partial charge is 0.462 e. The lowest BCUT2D eigenvalue weighted by atomic mass is 10.0. The summed E-state index contributed by atoms with van der Waals surface area (Å²) < 4.78 is 68.4. The molecule has 558 valence electrons. The summed E-state index contributed by atoms with van der Waals surface area (Å²) in [6.45, 7) is 14.1. The van der Waals surface area contributed by atoms with Gasteiger partial charge in [-0.1, -0.05) is 325 Å². The van der Waals surface area contributed by atoms with Crippen LogP contribution in [0, 0.1) is 23.7 Å². The van der Waals surface area contributed by atoms with Crippen LogP contribution < -0.4 is 0 Å². The summed E-state index contributed by atoms with van der Waals surface area (Å²) in [6.07, 6.45) is 48.8. The molecule has 0 aliphatic heterocycles. The Balaban J connectivity index is 5.22. The maximum Gasteiger partial charge on any atom is 0.472 e. The van der Waals surface area contributed by atoms with Gasteiger partial charge in [0.15, 0.2) is 12.2 Å². The van der Waals surface area contributed by atoms with Crippen molar-refractivity contribution >= 4 is 39.5 Å². The van der Waals surface area contributed by atoms with Crippen LogP contribution in [-0.4, -0.2) is 96.7 Å². The Morgan fingerprint density at radius 2 is 0.447 bits per heavy atom. The monoisotopic (exact) mass is 1380 g/mol. The molecule has 0 spiro atoms. The van der Waals surface area contributed by atoms with Gasteiger partial charge in [-0.3, -0.25) is 37.3 Å². The second kappa shape index (κ2) is 64.4. The summed E-state index contributed by atoms with van der Waals surface area (Å²) >= 11 is 0. The van der Waals surface area contributed by atoms with Crippen molar-refractivity contribution in [2.24, 2.45) is 23.7 Å². The van der Waals surface area contributed by atoms with Gasteiger partial charge in [0.25, 0.3) is 0 Å². The third-order valence-electron chi connectivity index (χ3n) is 17.3. The minimum Gasteiger partial charge on any atom is -0.462 e. The van der Waals surface area contributed by atoms with Crippen molar-refractivity contribution in [1.82, 2.24) is 0 Å². The van der Waals surface area contributed by atoms with E-state index in [2.05, 4.69) is 55.4 Å². The Hall–Kier alpha value is -1.94. The number of esters is 4. The first-order chi connectivity index (χ1) is 45.1. The second-order valence-corrected chi connectivity index (χ2v) is 31.9. The molecule has 0 fully saturated rings. The number of aliphatic hydroxyl groups excluding tert-OH is 1. The normalized spacial score (nSPS) is 14.2. The van der Waals surface area contributed by atoms with E-state index in [0.717, 1.165) is 114 Å². The molecule has 0 aromatic heterocycles. The quantitative estimate of drug-likeness (QED) is 0.0222. The zero-order chi connectivity index (χ0) is 69.6. The molecule has 0 aliphatic carbocycles. The Labute approximate surface area is 575 Å². The number of unbranched alkanes of at least 4 members (excludes halogenated alkanes) is 38. The van der Waals surface area contributed by atoms with Gasteiger partial charge < -0.3 is 33.8 Å². The van der Waals surface area contributed by atoms with Crippen LogP contribution in [0.4, 0.5) is 0 Å². The molecular weight excluding hydrogens is 1230 g/mol. The number of hydrogen-bond donors (Lipinski definition) is 3. The molecule has 94 heavy (non-hydrogen) atoms. The molecule has 0 aromatic carbocycles. The third kappa shape index (κ3) is 68.6. The maximum absolute atomic E-state index is 13.1. The van der Waals surface area contributed by atoms with Crippen molar-refractivity contribution < 1.29 is 80.2 Å². The third-order valence-corrected chi connectivity index (χ3v) is 19.2. The average molecular weight is 1380 g/mol. The van der Waals surface area contributed by atoms with E-state index < -0.39 is 97.5 Å². The largest absolute Gasteiger partial charge is 0.472 e. The van der Waals surface area contributed by atoms with E-state index in [4.69, 9.17) is 37.0 Å². The first-order valence-electron chi connectivity index (χ1n) is 38.7. The van der Waals surface area contributed by atoms with Gasteiger partial charge >= 0.3 is 39.5 Å². The predicted octanol–water partition coefficient (Wildman–Crippen LogP) is 21.7. The summed E-state index contributed by atoms with van der Waals surface area (Å²) in [5, 5.41) is 10.6. The fraction of sp³-hybridized carbons (Fsp3) is 0.947. The Morgan fingerprint density at radius 3 is 0.660 bits per heavy atom. The lowest BCUT2D eigenvalue weighted by molar-refractivity contribution is -0.161. The number of carbonyl (C=O) groups excluding carboxylic acids is 4. The lowest BCUT2D eigenvalue weighted by Crippen LogP contribution is -2.30. The Kier molecular flexibility index (Phi) is 63.1. The maximum atomic E-state index is 13.1. The van der Waals surface area contributed by atoms with Crippen molar-refractivity contribution in [3.05, 3.63) is 0 Å². The van der Waals surface area contributed by atoms with Gasteiger partial charge in [-0.2, -0.15) is 0 Å². The van der Waals surface area contributed by atoms with Gasteiger partial charge in [-0.15, -0.1) is 0 Å². The van der Waals surface area contributed by atoms with E-state index in [1.165, 1.54) is 173 Å². The van der Waals surface area contributed by atoms with E-state index in [9.17, 15) is 43.2 Å². The predicted molar refractivity (Wildman–Crippen MR) is 381 cm³/mol. The molecule has 0 heterocycles. The van der Waals surface area contributed by atoms with Crippen LogP contribution in [0.2, 0.25) is 0 Å². The van der Waals surface area contributed by atoms with Crippen LogP contribution in [-0.2, 0) is 65.4 Å². The Bertz CT molecular complexity index is 1850. The number of carbonyl (C=O) groups is 4. The van der Waals surface area contributed by atoms with Crippen LogP contribution >= 0.6 is 15.6 Å². The highest BCUT2D eigenvalue weighted by molar-refractivity contribution is 7.47. The molecule has 2 unspecified atom stereocenters. The molecule has 5 atom stereocenters. The van der Waals surface area contributed by atoms with E-state index in [1.54, 1.807) is 0 Å². The highest BCUT2D eigenvalue weighted by atomic mass is 31.2. The zero-order valence-corrected chi connectivity index (χ0v) is 63.4. The molecule has 0 saturated heterocycles. The standard InChI is InChI=1S/C75H146O17P2/c1-65(2)51-43-35-27-21-17-13-10-9-11-15-19-23-30-39-47-55-72(77)85-61-70(91-74(79)57-49-41-31-24-20-16-12-14-18-22-28-36-44-52-66(3)4)63-89-93(81,82)87-59-69(76)60-88-94(83,84)90-64-71(62-86-73(78)56-48-40-34-33-38-46-54-68(7)8)92-75(80)58-50-42-32-26-25-29-37-45-53-67(5)6/h65-71,76H,9-64H2,1-8H3,(H,81,82)(H,83,84)/t69-,70-,71-/m1/s1. The van der Waals surface area contributed by atoms with Crippen molar-refractivity contribution in [1.29, 1.82) is 0 Å². The van der Waals surface area contributed by atoms with E-state index in [-0.39, 0.29) is 25.7 Å². The van der Waals surface area contributed by atoms with E-state index in [0.29, 0.717) is 31.6 Å².